The second-order valence-corrected chi connectivity index (χ2v) is 12.0. The molecule has 0 saturated carbocycles. The number of allylic oxidation sites excluding steroid dienone is 2. The minimum absolute atomic E-state index is 0.277. The average Bonchev–Trinajstić information content (AvgIpc) is 3.54. The molecule has 5 aromatic rings. The Morgan fingerprint density at radius 2 is 1.72 bits per heavy atom. The molecule has 1 aliphatic carbocycles. The monoisotopic (exact) mass is 628 g/mol. The number of ether oxygens (including phenoxy) is 2. The van der Waals surface area contributed by atoms with Gasteiger partial charge < -0.3 is 14.8 Å². The van der Waals surface area contributed by atoms with Gasteiger partial charge in [0.2, 0.25) is 0 Å². The molecule has 0 amide bonds. The van der Waals surface area contributed by atoms with Gasteiger partial charge >= 0.3 is 0 Å². The van der Waals surface area contributed by atoms with E-state index in [1.54, 1.807) is 0 Å². The summed E-state index contributed by atoms with van der Waals surface area (Å²) in [5, 5.41) is 6.21. The Balaban J connectivity index is 1.08. The van der Waals surface area contributed by atoms with Gasteiger partial charge in [0.25, 0.3) is 0 Å². The number of nitrogens with one attached hydrogen (secondary N) is 1. The number of hydrogen-bond acceptors (Lipinski definition) is 4. The Morgan fingerprint density at radius 3 is 2.60 bits per heavy atom. The zero-order chi connectivity index (χ0) is 29.2. The summed E-state index contributed by atoms with van der Waals surface area (Å²) in [7, 11) is 0. The maximum Gasteiger partial charge on any atom is 0.175 e. The topological polar surface area (TPSA) is 42.8 Å². The summed E-state index contributed by atoms with van der Waals surface area (Å²) in [6, 6.07) is 36.3. The maximum atomic E-state index is 6.33. The Labute approximate surface area is 261 Å². The van der Waals surface area contributed by atoms with E-state index in [2.05, 4.69) is 124 Å². The van der Waals surface area contributed by atoms with Crippen LogP contribution >= 0.6 is 15.9 Å². The normalized spacial score (nSPS) is 18.8. The number of benzene rings is 5. The lowest BCUT2D eigenvalue weighted by atomic mass is 9.77. The van der Waals surface area contributed by atoms with Crippen LogP contribution in [0.15, 0.2) is 125 Å². The first-order chi connectivity index (χ1) is 21.2. The van der Waals surface area contributed by atoms with Crippen LogP contribution in [0.25, 0.3) is 10.8 Å². The lowest BCUT2D eigenvalue weighted by Crippen LogP contribution is -2.28. The van der Waals surface area contributed by atoms with E-state index < -0.39 is 0 Å². The first-order valence-electron chi connectivity index (χ1n) is 14.9. The van der Waals surface area contributed by atoms with Crippen molar-refractivity contribution in [1.82, 2.24) is 0 Å². The summed E-state index contributed by atoms with van der Waals surface area (Å²) < 4.78 is 13.2. The van der Waals surface area contributed by atoms with Crippen molar-refractivity contribution in [2.45, 2.75) is 31.9 Å². The molecule has 43 heavy (non-hydrogen) atoms. The molecule has 0 fully saturated rings. The van der Waals surface area contributed by atoms with Gasteiger partial charge in [0.05, 0.1) is 22.8 Å². The molecule has 2 aliphatic rings. The summed E-state index contributed by atoms with van der Waals surface area (Å²) in [6.07, 6.45) is 7.68. The maximum absolute atomic E-state index is 6.33. The van der Waals surface area contributed by atoms with Gasteiger partial charge in [0, 0.05) is 17.8 Å². The molecule has 1 N–H and O–H groups in total. The number of aliphatic imine (C=N–C) groups is 1. The number of nitrogens with zero attached hydrogens (tertiary/aromatic N) is 1. The molecule has 5 heteroatoms. The molecule has 4 nitrogen and oxygen atoms in total. The molecule has 7 rings (SSSR count). The number of fused-ring (bicyclic) bond motifs is 4. The second-order valence-electron chi connectivity index (χ2n) is 11.1. The highest BCUT2D eigenvalue weighted by atomic mass is 79.9. The number of rotatable bonds is 8. The fourth-order valence-electron chi connectivity index (χ4n) is 6.42. The van der Waals surface area contributed by atoms with Crippen molar-refractivity contribution in [1.29, 1.82) is 0 Å². The SMILES string of the molecule is CCOc1cc(C=Nc2ccc([C@@H]3Nc4ccccc4[C@@H]4C=CC[C@H]43)cc2)cc(Br)c1OCc1cccc2ccccc12. The van der Waals surface area contributed by atoms with Crippen molar-refractivity contribution >= 4 is 44.3 Å². The standard InChI is InChI=1S/C38H33BrN2O2/c1-2-42-36-22-25(21-34(39)38(36)43-24-28-11-7-10-26-9-3-4-12-30(26)28)23-40-29-19-17-27(18-20-29)37-33-15-8-14-31(33)32-13-5-6-16-35(32)41-37/h3-14,16-23,31,33,37,41H,2,15,24H2,1H3/t31-,33+,37-/m0/s1. The first kappa shape index (κ1) is 27.5. The van der Waals surface area contributed by atoms with E-state index in [0.717, 1.165) is 27.7 Å². The van der Waals surface area contributed by atoms with E-state index in [4.69, 9.17) is 14.5 Å². The number of hydrogen-bond donors (Lipinski definition) is 1. The Morgan fingerprint density at radius 1 is 0.907 bits per heavy atom. The van der Waals surface area contributed by atoms with Gasteiger partial charge in [0.1, 0.15) is 6.61 Å². The minimum Gasteiger partial charge on any atom is -0.490 e. The molecule has 5 aromatic carbocycles. The zero-order valence-electron chi connectivity index (χ0n) is 24.0. The van der Waals surface area contributed by atoms with Gasteiger partial charge in [-0.15, -0.1) is 0 Å². The smallest absolute Gasteiger partial charge is 0.175 e. The predicted octanol–water partition coefficient (Wildman–Crippen LogP) is 10.2. The Kier molecular flexibility index (Phi) is 7.73. The predicted molar refractivity (Wildman–Crippen MR) is 180 cm³/mol. The van der Waals surface area contributed by atoms with Crippen LogP contribution in [0.2, 0.25) is 0 Å². The lowest BCUT2D eigenvalue weighted by Gasteiger charge is -2.37. The van der Waals surface area contributed by atoms with Gasteiger partial charge in [-0.1, -0.05) is 84.9 Å². The molecule has 1 aliphatic heterocycles. The highest BCUT2D eigenvalue weighted by Crippen LogP contribution is 2.49. The van der Waals surface area contributed by atoms with E-state index in [1.807, 2.05) is 25.3 Å². The fourth-order valence-corrected chi connectivity index (χ4v) is 7.00. The molecule has 3 atom stereocenters. The number of halogens is 1. The summed E-state index contributed by atoms with van der Waals surface area (Å²) in [5.74, 6) is 2.38. The lowest BCUT2D eigenvalue weighted by molar-refractivity contribution is 0.268. The Bertz CT molecular complexity index is 1820. The fraction of sp³-hybridized carbons (Fsp3) is 0.184. The summed E-state index contributed by atoms with van der Waals surface area (Å²) in [6.45, 7) is 2.96. The number of para-hydroxylation sites is 1. The summed E-state index contributed by atoms with van der Waals surface area (Å²) in [5.41, 5.74) is 6.91. The molecule has 1 heterocycles. The third-order valence-corrected chi connectivity index (χ3v) is 9.06. The molecule has 214 valence electrons. The second kappa shape index (κ2) is 12.1. The summed E-state index contributed by atoms with van der Waals surface area (Å²) in [4.78, 5) is 4.79. The van der Waals surface area contributed by atoms with Crippen LogP contribution in [0.4, 0.5) is 11.4 Å². The van der Waals surface area contributed by atoms with Crippen molar-refractivity contribution in [3.63, 3.8) is 0 Å². The van der Waals surface area contributed by atoms with Crippen molar-refractivity contribution in [3.05, 3.63) is 142 Å². The van der Waals surface area contributed by atoms with Crippen molar-refractivity contribution < 1.29 is 9.47 Å². The van der Waals surface area contributed by atoms with Crippen molar-refractivity contribution in [2.24, 2.45) is 10.9 Å². The van der Waals surface area contributed by atoms with E-state index in [1.165, 1.54) is 27.6 Å². The molecule has 0 spiro atoms. The van der Waals surface area contributed by atoms with Crippen LogP contribution in [-0.2, 0) is 6.61 Å². The third kappa shape index (κ3) is 5.57. The molecule has 0 aromatic heterocycles. The highest BCUT2D eigenvalue weighted by Gasteiger charge is 2.37. The summed E-state index contributed by atoms with van der Waals surface area (Å²) >= 11 is 3.73. The van der Waals surface area contributed by atoms with Gasteiger partial charge in [-0.2, -0.15) is 0 Å². The molecular weight excluding hydrogens is 596 g/mol. The van der Waals surface area contributed by atoms with Gasteiger partial charge in [0.15, 0.2) is 11.5 Å². The molecule has 0 radical (unpaired) electrons. The van der Waals surface area contributed by atoms with Gasteiger partial charge in [-0.25, -0.2) is 0 Å². The minimum atomic E-state index is 0.277. The third-order valence-electron chi connectivity index (χ3n) is 8.47. The van der Waals surface area contributed by atoms with Crippen molar-refractivity contribution in [3.8, 4) is 11.5 Å². The van der Waals surface area contributed by atoms with Crippen LogP contribution in [0.5, 0.6) is 11.5 Å². The van der Waals surface area contributed by atoms with Gasteiger partial charge in [-0.3, -0.25) is 4.99 Å². The van der Waals surface area contributed by atoms with Crippen LogP contribution < -0.4 is 14.8 Å². The highest BCUT2D eigenvalue weighted by molar-refractivity contribution is 9.10. The largest absolute Gasteiger partial charge is 0.490 e. The Hall–Kier alpha value is -4.35. The van der Waals surface area contributed by atoms with Crippen LogP contribution in [0.1, 0.15) is 47.6 Å². The van der Waals surface area contributed by atoms with E-state index in [9.17, 15) is 0 Å². The van der Waals surface area contributed by atoms with Crippen molar-refractivity contribution in [2.75, 3.05) is 11.9 Å². The van der Waals surface area contributed by atoms with Crippen LogP contribution in [0.3, 0.4) is 0 Å². The quantitative estimate of drug-likeness (QED) is 0.137. The van der Waals surface area contributed by atoms with Crippen LogP contribution in [0, 0.1) is 5.92 Å². The molecule has 0 bridgehead atoms. The van der Waals surface area contributed by atoms with E-state index in [0.29, 0.717) is 36.5 Å². The molecule has 0 unspecified atom stereocenters. The van der Waals surface area contributed by atoms with E-state index in [-0.39, 0.29) is 6.04 Å². The van der Waals surface area contributed by atoms with E-state index >= 15 is 0 Å². The average molecular weight is 630 g/mol. The van der Waals surface area contributed by atoms with Gasteiger partial charge in [-0.05, 0) is 98.6 Å². The first-order valence-corrected chi connectivity index (χ1v) is 15.7. The molecule has 0 saturated heterocycles. The zero-order valence-corrected chi connectivity index (χ0v) is 25.6. The van der Waals surface area contributed by atoms with Crippen LogP contribution in [-0.4, -0.2) is 12.8 Å². The number of anilines is 1. The molecular formula is C38H33BrN2O2.